The van der Waals surface area contributed by atoms with Gasteiger partial charge in [-0.25, -0.2) is 0 Å². The third-order valence-corrected chi connectivity index (χ3v) is 5.79. The molecule has 168 valence electrons. The van der Waals surface area contributed by atoms with Gasteiger partial charge in [-0.15, -0.1) is 0 Å². The lowest BCUT2D eigenvalue weighted by Crippen LogP contribution is -2.34. The fourth-order valence-electron chi connectivity index (χ4n) is 3.70. The first kappa shape index (κ1) is 22.8. The molecule has 0 N–H and O–H groups in total. The summed E-state index contributed by atoms with van der Waals surface area (Å²) in [6.45, 7) is 8.23. The zero-order valence-electron chi connectivity index (χ0n) is 20.2. The van der Waals surface area contributed by atoms with Crippen molar-refractivity contribution in [3.63, 3.8) is 0 Å². The van der Waals surface area contributed by atoms with Crippen LogP contribution < -0.4 is 0 Å². The molecule has 0 radical (unpaired) electrons. The first-order valence-electron chi connectivity index (χ1n) is 11.5. The van der Waals surface area contributed by atoms with Crippen LogP contribution in [0, 0.1) is 0 Å². The Morgan fingerprint density at radius 3 is 2.06 bits per heavy atom. The summed E-state index contributed by atoms with van der Waals surface area (Å²) in [6.07, 6.45) is -1.11. The number of hydrogen-bond acceptors (Lipinski definition) is 3. The summed E-state index contributed by atoms with van der Waals surface area (Å²) in [5.41, 5.74) is 2.50. The van der Waals surface area contributed by atoms with E-state index in [1.807, 2.05) is 81.4 Å². The van der Waals surface area contributed by atoms with Crippen LogP contribution in [-0.2, 0) is 16.1 Å². The van der Waals surface area contributed by atoms with Gasteiger partial charge in [0.15, 0.2) is 0 Å². The monoisotopic (exact) mass is 494 g/mol. The van der Waals surface area contributed by atoms with E-state index in [4.69, 9.17) is 6.11 Å². The molecule has 3 aromatic carbocycles. The molecule has 0 bridgehead atoms. The Labute approximate surface area is 202 Å². The molecule has 3 rings (SSSR count). The Morgan fingerprint density at radius 2 is 1.50 bits per heavy atom. The Morgan fingerprint density at radius 1 is 0.938 bits per heavy atom. The van der Waals surface area contributed by atoms with Crippen molar-refractivity contribution in [3.05, 3.63) is 106 Å². The molecule has 3 aromatic rings. The Hall–Kier alpha value is -2.43. The normalized spacial score (nSPS) is 15.0. The van der Waals surface area contributed by atoms with E-state index in [2.05, 4.69) is 52.0 Å². The maximum atomic E-state index is 13.1. The predicted octanol–water partition coefficient (Wildman–Crippen LogP) is 7.49. The number of carbonyl (C=O) groups is 1. The van der Waals surface area contributed by atoms with Crippen molar-refractivity contribution < 1.29 is 10.9 Å². The van der Waals surface area contributed by atoms with Gasteiger partial charge in [-0.05, 0) is 56.5 Å². The van der Waals surface area contributed by atoms with Gasteiger partial charge >= 0.3 is 5.97 Å². The molecule has 0 aliphatic carbocycles. The largest absolute Gasteiger partial charge is 0.460 e. The average molecular weight is 495 g/mol. The lowest BCUT2D eigenvalue weighted by Gasteiger charge is -2.37. The Bertz CT molecular complexity index is 1020. The molecule has 0 aliphatic heterocycles. The molecule has 0 spiro atoms. The minimum atomic E-state index is -1.11. The molecule has 3 nitrogen and oxygen atoms in total. The first-order chi connectivity index (χ1) is 15.7. The maximum Gasteiger partial charge on any atom is 0.308 e. The van der Waals surface area contributed by atoms with Crippen LogP contribution in [0.5, 0.6) is 0 Å². The summed E-state index contributed by atoms with van der Waals surface area (Å²) >= 11 is 3.50. The summed E-state index contributed by atoms with van der Waals surface area (Å²) in [7, 11) is 0. The molecule has 0 aliphatic rings. The Kier molecular flexibility index (Phi) is 7.77. The van der Waals surface area contributed by atoms with Crippen molar-refractivity contribution in [1.82, 2.24) is 4.90 Å². The molecule has 0 heterocycles. The van der Waals surface area contributed by atoms with Gasteiger partial charge in [-0.1, -0.05) is 88.7 Å². The third kappa shape index (κ3) is 7.04. The van der Waals surface area contributed by atoms with Gasteiger partial charge in [0, 0.05) is 24.5 Å². The van der Waals surface area contributed by atoms with Crippen LogP contribution in [0.15, 0.2) is 89.4 Å². The average Bonchev–Trinajstić information content (AvgIpc) is 2.79. The second-order valence-electron chi connectivity index (χ2n) is 8.94. The second-order valence-corrected chi connectivity index (χ2v) is 9.86. The molecule has 4 heteroatoms. The number of benzene rings is 3. The van der Waals surface area contributed by atoms with Crippen molar-refractivity contribution in [2.24, 2.45) is 0 Å². The lowest BCUT2D eigenvalue weighted by atomic mass is 9.96. The second kappa shape index (κ2) is 10.9. The SMILES string of the molecule is [2H][C@H](C(=O)OC(C)(C)C)[C@H](c1ccc(Br)cc1)N(Cc1ccccc1)[C@@H](C)c1ccccc1. The van der Waals surface area contributed by atoms with Crippen molar-refractivity contribution >= 4 is 21.9 Å². The highest BCUT2D eigenvalue weighted by Crippen LogP contribution is 2.35. The van der Waals surface area contributed by atoms with Crippen molar-refractivity contribution in [2.75, 3.05) is 0 Å². The zero-order chi connectivity index (χ0) is 24.0. The first-order valence-corrected chi connectivity index (χ1v) is 11.7. The quantitative estimate of drug-likeness (QED) is 0.303. The highest BCUT2D eigenvalue weighted by molar-refractivity contribution is 9.10. The van der Waals surface area contributed by atoms with Crippen LogP contribution in [-0.4, -0.2) is 16.5 Å². The van der Waals surface area contributed by atoms with Gasteiger partial charge in [0.2, 0.25) is 0 Å². The zero-order valence-corrected chi connectivity index (χ0v) is 20.7. The van der Waals surface area contributed by atoms with E-state index in [-0.39, 0.29) is 6.04 Å². The van der Waals surface area contributed by atoms with Crippen LogP contribution in [0.1, 0.15) is 64.2 Å². The molecule has 0 unspecified atom stereocenters. The highest BCUT2D eigenvalue weighted by atomic mass is 79.9. The summed E-state index contributed by atoms with van der Waals surface area (Å²) in [6, 6.07) is 27.8. The minimum absolute atomic E-state index is 0.0321. The molecule has 3 atom stereocenters. The number of ether oxygens (including phenoxy) is 1. The molecule has 0 amide bonds. The predicted molar refractivity (Wildman–Crippen MR) is 134 cm³/mol. The van der Waals surface area contributed by atoms with E-state index in [0.29, 0.717) is 6.54 Å². The number of carbonyl (C=O) groups excluding carboxylic acids is 1. The molecular weight excluding hydrogens is 462 g/mol. The van der Waals surface area contributed by atoms with E-state index >= 15 is 0 Å². The number of hydrogen-bond donors (Lipinski definition) is 0. The topological polar surface area (TPSA) is 29.5 Å². The van der Waals surface area contributed by atoms with Crippen LogP contribution in [0.25, 0.3) is 0 Å². The highest BCUT2D eigenvalue weighted by Gasteiger charge is 2.30. The van der Waals surface area contributed by atoms with Crippen LogP contribution in [0.2, 0.25) is 0 Å². The van der Waals surface area contributed by atoms with Gasteiger partial charge in [-0.3, -0.25) is 9.69 Å². The summed E-state index contributed by atoms with van der Waals surface area (Å²) in [5, 5.41) is 0. The molecule has 0 saturated heterocycles. The van der Waals surface area contributed by atoms with Gasteiger partial charge < -0.3 is 4.74 Å². The van der Waals surface area contributed by atoms with E-state index in [0.717, 1.165) is 21.2 Å². The fraction of sp³-hybridized carbons (Fsp3) is 0.321. The third-order valence-electron chi connectivity index (χ3n) is 5.26. The van der Waals surface area contributed by atoms with Crippen LogP contribution in [0.3, 0.4) is 0 Å². The maximum absolute atomic E-state index is 13.1. The van der Waals surface area contributed by atoms with Gasteiger partial charge in [-0.2, -0.15) is 0 Å². The van der Waals surface area contributed by atoms with E-state index in [1.165, 1.54) is 0 Å². The molecular formula is C28H32BrNO2. The van der Waals surface area contributed by atoms with Crippen molar-refractivity contribution in [1.29, 1.82) is 0 Å². The standard InChI is InChI=1S/C28H32BrNO2/c1-21(23-13-9-6-10-14-23)30(20-22-11-7-5-8-12-22)26(19-27(31)32-28(2,3)4)24-15-17-25(29)18-16-24/h5-18,21,26H,19-20H2,1-4H3/t21-,26+/m0/s1/i19D/t19-,21-,26+. The van der Waals surface area contributed by atoms with E-state index in [9.17, 15) is 4.79 Å². The smallest absolute Gasteiger partial charge is 0.308 e. The van der Waals surface area contributed by atoms with Gasteiger partial charge in [0.05, 0.1) is 6.40 Å². The molecule has 0 saturated carbocycles. The van der Waals surface area contributed by atoms with E-state index < -0.39 is 24.0 Å². The number of esters is 1. The fourth-order valence-corrected chi connectivity index (χ4v) is 3.97. The van der Waals surface area contributed by atoms with Gasteiger partial charge in [0.25, 0.3) is 0 Å². The lowest BCUT2D eigenvalue weighted by molar-refractivity contribution is -0.156. The summed E-state index contributed by atoms with van der Waals surface area (Å²) in [5.74, 6) is -0.520. The van der Waals surface area contributed by atoms with Gasteiger partial charge in [0.1, 0.15) is 5.60 Å². The number of halogens is 1. The number of rotatable bonds is 8. The van der Waals surface area contributed by atoms with E-state index in [1.54, 1.807) is 0 Å². The molecule has 32 heavy (non-hydrogen) atoms. The summed E-state index contributed by atoms with van der Waals surface area (Å²) in [4.78, 5) is 15.3. The molecule has 0 aromatic heterocycles. The van der Waals surface area contributed by atoms with Crippen molar-refractivity contribution in [3.8, 4) is 0 Å². The van der Waals surface area contributed by atoms with Crippen LogP contribution >= 0.6 is 15.9 Å². The number of nitrogens with zero attached hydrogens (tertiary/aromatic N) is 1. The summed E-state index contributed by atoms with van der Waals surface area (Å²) < 4.78 is 15.6. The minimum Gasteiger partial charge on any atom is -0.460 e. The van der Waals surface area contributed by atoms with Crippen molar-refractivity contribution in [2.45, 2.75) is 58.3 Å². The molecule has 0 fully saturated rings. The van der Waals surface area contributed by atoms with Crippen LogP contribution in [0.4, 0.5) is 0 Å². The Balaban J connectivity index is 2.08.